The van der Waals surface area contributed by atoms with Crippen LogP contribution in [0.4, 0.5) is 0 Å². The van der Waals surface area contributed by atoms with Gasteiger partial charge in [-0.2, -0.15) is 0 Å². The molecule has 0 bridgehead atoms. The van der Waals surface area contributed by atoms with Crippen molar-refractivity contribution < 1.29 is 4.79 Å². The van der Waals surface area contributed by atoms with E-state index in [1.165, 1.54) is 6.08 Å². The summed E-state index contributed by atoms with van der Waals surface area (Å²) in [6, 6.07) is 0. The molecule has 0 spiro atoms. The van der Waals surface area contributed by atoms with Crippen LogP contribution in [-0.4, -0.2) is 24.4 Å². The van der Waals surface area contributed by atoms with Gasteiger partial charge in [0.25, 0.3) is 0 Å². The van der Waals surface area contributed by atoms with Gasteiger partial charge in [-0.3, -0.25) is 4.79 Å². The molecule has 1 atom stereocenters. The third kappa shape index (κ3) is 3.81. The number of hydrogen-bond donors (Lipinski definition) is 0. The van der Waals surface area contributed by atoms with Gasteiger partial charge in [-0.25, -0.2) is 0 Å². The number of likely N-dealkylation sites (N-methyl/N-ethyl adjacent to an activating group) is 1. The van der Waals surface area contributed by atoms with Crippen molar-refractivity contribution in [1.82, 2.24) is 4.90 Å². The van der Waals surface area contributed by atoms with Gasteiger partial charge in [-0.1, -0.05) is 26.8 Å². The van der Waals surface area contributed by atoms with Gasteiger partial charge in [0.15, 0.2) is 0 Å². The van der Waals surface area contributed by atoms with Gasteiger partial charge in [0, 0.05) is 13.6 Å². The van der Waals surface area contributed by atoms with Crippen molar-refractivity contribution in [2.75, 3.05) is 13.6 Å². The summed E-state index contributed by atoms with van der Waals surface area (Å²) in [6.07, 6.45) is 2.46. The van der Waals surface area contributed by atoms with E-state index in [1.54, 1.807) is 11.9 Å². The number of amides is 1. The average Bonchev–Trinajstić information content (AvgIpc) is 2.02. The summed E-state index contributed by atoms with van der Waals surface area (Å²) in [5.41, 5.74) is 0. The zero-order valence-corrected chi connectivity index (χ0v) is 7.63. The Bertz CT molecular complexity index is 142. The van der Waals surface area contributed by atoms with Gasteiger partial charge in [-0.15, -0.1) is 0 Å². The molecule has 0 saturated heterocycles. The molecule has 1 unspecified atom stereocenters. The molecule has 0 aliphatic rings. The Morgan fingerprint density at radius 2 is 2.27 bits per heavy atom. The van der Waals surface area contributed by atoms with Gasteiger partial charge >= 0.3 is 0 Å². The lowest BCUT2D eigenvalue weighted by Crippen LogP contribution is -2.29. The molecule has 0 aliphatic heterocycles. The molecule has 0 aromatic rings. The second kappa shape index (κ2) is 4.94. The maximum absolute atomic E-state index is 11.0. The molecule has 0 heterocycles. The van der Waals surface area contributed by atoms with Crippen LogP contribution in [0.15, 0.2) is 12.7 Å². The molecular weight excluding hydrogens is 138 g/mol. The van der Waals surface area contributed by atoms with Gasteiger partial charge in [0.1, 0.15) is 0 Å². The average molecular weight is 155 g/mol. The zero-order chi connectivity index (χ0) is 8.85. The molecule has 11 heavy (non-hydrogen) atoms. The highest BCUT2D eigenvalue weighted by atomic mass is 16.2. The summed E-state index contributed by atoms with van der Waals surface area (Å²) < 4.78 is 0. The third-order valence-electron chi connectivity index (χ3n) is 1.83. The lowest BCUT2D eigenvalue weighted by Gasteiger charge is -2.18. The minimum absolute atomic E-state index is 0.00491. The van der Waals surface area contributed by atoms with E-state index in [9.17, 15) is 4.79 Å². The topological polar surface area (TPSA) is 20.3 Å². The van der Waals surface area contributed by atoms with Crippen LogP contribution >= 0.6 is 0 Å². The molecule has 1 amide bonds. The third-order valence-corrected chi connectivity index (χ3v) is 1.83. The molecule has 64 valence electrons. The highest BCUT2D eigenvalue weighted by molar-refractivity contribution is 5.86. The highest BCUT2D eigenvalue weighted by Crippen LogP contribution is 2.02. The minimum atomic E-state index is 0.00491. The SMILES string of the molecule is C=CC(=O)N(C)CC(C)CC. The molecular formula is C9H17NO. The number of hydrogen-bond acceptors (Lipinski definition) is 1. The molecule has 0 aliphatic carbocycles. The Labute approximate surface area is 68.9 Å². The first-order valence-corrected chi connectivity index (χ1v) is 3.99. The summed E-state index contributed by atoms with van der Waals surface area (Å²) in [5.74, 6) is 0.578. The normalized spacial score (nSPS) is 12.3. The van der Waals surface area contributed by atoms with Crippen LogP contribution in [0.3, 0.4) is 0 Å². The molecule has 0 aromatic carbocycles. The number of rotatable bonds is 4. The van der Waals surface area contributed by atoms with E-state index in [2.05, 4.69) is 20.4 Å². The van der Waals surface area contributed by atoms with Crippen molar-refractivity contribution in [3.8, 4) is 0 Å². The molecule has 0 fully saturated rings. The van der Waals surface area contributed by atoms with Crippen molar-refractivity contribution in [1.29, 1.82) is 0 Å². The summed E-state index contributed by atoms with van der Waals surface area (Å²) in [4.78, 5) is 12.7. The summed E-state index contributed by atoms with van der Waals surface area (Å²) in [7, 11) is 1.80. The summed E-state index contributed by atoms with van der Waals surface area (Å²) in [5, 5.41) is 0. The Morgan fingerprint density at radius 3 is 2.64 bits per heavy atom. The predicted octanol–water partition coefficient (Wildman–Crippen LogP) is 1.68. The maximum Gasteiger partial charge on any atom is 0.245 e. The molecule has 2 heteroatoms. The quantitative estimate of drug-likeness (QED) is 0.566. The molecule has 0 N–H and O–H groups in total. The van der Waals surface area contributed by atoms with E-state index in [0.29, 0.717) is 5.92 Å². The van der Waals surface area contributed by atoms with Crippen LogP contribution in [0.1, 0.15) is 20.3 Å². The monoisotopic (exact) mass is 155 g/mol. The van der Waals surface area contributed by atoms with Gasteiger partial charge in [0.05, 0.1) is 0 Å². The molecule has 0 aromatic heterocycles. The first kappa shape index (κ1) is 10.2. The Morgan fingerprint density at radius 1 is 1.73 bits per heavy atom. The fourth-order valence-electron chi connectivity index (χ4n) is 0.842. The standard InChI is InChI=1S/C9H17NO/c1-5-8(3)7-10(4)9(11)6-2/h6,8H,2,5,7H2,1,3-4H3. The van der Waals surface area contributed by atoms with E-state index in [-0.39, 0.29) is 5.91 Å². The fourth-order valence-corrected chi connectivity index (χ4v) is 0.842. The van der Waals surface area contributed by atoms with Gasteiger partial charge in [0.2, 0.25) is 5.91 Å². The van der Waals surface area contributed by atoms with E-state index in [0.717, 1.165) is 13.0 Å². The van der Waals surface area contributed by atoms with Crippen molar-refractivity contribution >= 4 is 5.91 Å². The van der Waals surface area contributed by atoms with Crippen molar-refractivity contribution in [3.05, 3.63) is 12.7 Å². The summed E-state index contributed by atoms with van der Waals surface area (Å²) >= 11 is 0. The van der Waals surface area contributed by atoms with Crippen LogP contribution in [-0.2, 0) is 4.79 Å². The lowest BCUT2D eigenvalue weighted by molar-refractivity contribution is -0.125. The summed E-state index contributed by atoms with van der Waals surface area (Å²) in [6.45, 7) is 8.50. The Balaban J connectivity index is 3.76. The van der Waals surface area contributed by atoms with Crippen LogP contribution < -0.4 is 0 Å². The molecule has 0 radical (unpaired) electrons. The first-order valence-electron chi connectivity index (χ1n) is 3.99. The Kier molecular flexibility index (Phi) is 4.59. The fraction of sp³-hybridized carbons (Fsp3) is 0.667. The number of carbonyl (C=O) groups excluding carboxylic acids is 1. The maximum atomic E-state index is 11.0. The lowest BCUT2D eigenvalue weighted by atomic mass is 10.1. The van der Waals surface area contributed by atoms with Crippen LogP contribution in [0.25, 0.3) is 0 Å². The number of nitrogens with zero attached hydrogens (tertiary/aromatic N) is 1. The largest absolute Gasteiger partial charge is 0.342 e. The van der Waals surface area contributed by atoms with Gasteiger partial charge in [-0.05, 0) is 12.0 Å². The van der Waals surface area contributed by atoms with E-state index in [4.69, 9.17) is 0 Å². The van der Waals surface area contributed by atoms with Crippen molar-refractivity contribution in [2.45, 2.75) is 20.3 Å². The second-order valence-corrected chi connectivity index (χ2v) is 2.94. The van der Waals surface area contributed by atoms with Gasteiger partial charge < -0.3 is 4.90 Å². The van der Waals surface area contributed by atoms with Crippen LogP contribution in [0, 0.1) is 5.92 Å². The van der Waals surface area contributed by atoms with E-state index in [1.807, 2.05) is 0 Å². The van der Waals surface area contributed by atoms with Crippen molar-refractivity contribution in [2.24, 2.45) is 5.92 Å². The zero-order valence-electron chi connectivity index (χ0n) is 7.63. The first-order chi connectivity index (χ1) is 5.11. The molecule has 2 nitrogen and oxygen atoms in total. The Hall–Kier alpha value is -0.790. The predicted molar refractivity (Wildman–Crippen MR) is 47.3 cm³/mol. The number of carbonyl (C=O) groups is 1. The molecule has 0 saturated carbocycles. The van der Waals surface area contributed by atoms with E-state index >= 15 is 0 Å². The minimum Gasteiger partial charge on any atom is -0.342 e. The highest BCUT2D eigenvalue weighted by Gasteiger charge is 2.06. The smallest absolute Gasteiger partial charge is 0.245 e. The molecule has 0 rings (SSSR count). The van der Waals surface area contributed by atoms with Crippen LogP contribution in [0.2, 0.25) is 0 Å². The van der Waals surface area contributed by atoms with Crippen molar-refractivity contribution in [3.63, 3.8) is 0 Å². The van der Waals surface area contributed by atoms with Crippen LogP contribution in [0.5, 0.6) is 0 Å². The second-order valence-electron chi connectivity index (χ2n) is 2.94. The van der Waals surface area contributed by atoms with E-state index < -0.39 is 0 Å².